The van der Waals surface area contributed by atoms with Gasteiger partial charge in [0.1, 0.15) is 0 Å². The van der Waals surface area contributed by atoms with Crippen LogP contribution in [0.2, 0.25) is 10.0 Å². The van der Waals surface area contributed by atoms with E-state index in [1.807, 2.05) is 18.2 Å². The Hall–Kier alpha value is -2.49. The van der Waals surface area contributed by atoms with Gasteiger partial charge in [0.25, 0.3) is 0 Å². The van der Waals surface area contributed by atoms with E-state index in [9.17, 15) is 4.79 Å². The molecule has 3 nitrogen and oxygen atoms in total. The summed E-state index contributed by atoms with van der Waals surface area (Å²) in [5.41, 5.74) is 2.09. The first-order chi connectivity index (χ1) is 11.6. The molecule has 0 saturated heterocycles. The van der Waals surface area contributed by atoms with Gasteiger partial charge in [0.15, 0.2) is 5.78 Å². The lowest BCUT2D eigenvalue weighted by atomic mass is 10.0. The molecular formula is C19H12Cl2N2O. The average Bonchev–Trinajstić information content (AvgIpc) is 2.62. The molecule has 0 amide bonds. The molecule has 0 spiro atoms. The summed E-state index contributed by atoms with van der Waals surface area (Å²) < 4.78 is 0. The highest BCUT2D eigenvalue weighted by Gasteiger charge is 2.14. The third kappa shape index (κ3) is 3.88. The van der Waals surface area contributed by atoms with Crippen molar-refractivity contribution in [3.8, 4) is 0 Å². The van der Waals surface area contributed by atoms with Crippen LogP contribution in [0.15, 0.2) is 83.0 Å². The molecule has 0 N–H and O–H groups in total. The summed E-state index contributed by atoms with van der Waals surface area (Å²) in [5, 5.41) is 9.45. The average molecular weight is 355 g/mol. The Morgan fingerprint density at radius 1 is 0.750 bits per heavy atom. The van der Waals surface area contributed by atoms with Crippen LogP contribution in [0.25, 0.3) is 0 Å². The van der Waals surface area contributed by atoms with Gasteiger partial charge in [-0.05, 0) is 42.5 Å². The monoisotopic (exact) mass is 354 g/mol. The molecule has 0 aliphatic rings. The first-order valence-corrected chi connectivity index (χ1v) is 7.96. The second-order valence-corrected chi connectivity index (χ2v) is 5.91. The van der Waals surface area contributed by atoms with Crippen molar-refractivity contribution in [3.63, 3.8) is 0 Å². The number of benzene rings is 3. The van der Waals surface area contributed by atoms with Crippen LogP contribution in [0.5, 0.6) is 0 Å². The standard InChI is InChI=1S/C19H12Cl2N2O/c20-14-6-9-16(10-7-14)22-23-18-11-8-15(21)12-17(18)19(24)13-4-2-1-3-5-13/h1-12H. The smallest absolute Gasteiger partial charge is 0.195 e. The molecule has 0 bridgehead atoms. The zero-order chi connectivity index (χ0) is 16.9. The summed E-state index contributed by atoms with van der Waals surface area (Å²) in [6.45, 7) is 0. The third-order valence-corrected chi connectivity index (χ3v) is 3.83. The van der Waals surface area contributed by atoms with Gasteiger partial charge in [-0.1, -0.05) is 53.5 Å². The number of azo groups is 1. The normalized spacial score (nSPS) is 10.9. The number of carbonyl (C=O) groups is 1. The molecule has 0 saturated carbocycles. The van der Waals surface area contributed by atoms with Gasteiger partial charge in [-0.15, -0.1) is 5.11 Å². The number of ketones is 1. The fraction of sp³-hybridized carbons (Fsp3) is 0. The molecule has 0 aliphatic carbocycles. The number of hydrogen-bond acceptors (Lipinski definition) is 3. The van der Waals surface area contributed by atoms with Crippen LogP contribution in [0.1, 0.15) is 15.9 Å². The van der Waals surface area contributed by atoms with Gasteiger partial charge in [-0.25, -0.2) is 0 Å². The second kappa shape index (κ2) is 7.39. The lowest BCUT2D eigenvalue weighted by Crippen LogP contribution is -2.01. The lowest BCUT2D eigenvalue weighted by Gasteiger charge is -2.05. The minimum Gasteiger partial charge on any atom is -0.289 e. The predicted octanol–water partition coefficient (Wildman–Crippen LogP) is 6.64. The molecule has 24 heavy (non-hydrogen) atoms. The predicted molar refractivity (Wildman–Crippen MR) is 97.0 cm³/mol. The van der Waals surface area contributed by atoms with Crippen LogP contribution < -0.4 is 0 Å². The van der Waals surface area contributed by atoms with Gasteiger partial charge < -0.3 is 0 Å². The molecule has 5 heteroatoms. The first-order valence-electron chi connectivity index (χ1n) is 7.20. The molecule has 0 fully saturated rings. The van der Waals surface area contributed by atoms with E-state index in [1.165, 1.54) is 0 Å². The Bertz CT molecular complexity index is 891. The van der Waals surface area contributed by atoms with Crippen LogP contribution in [0.3, 0.4) is 0 Å². The maximum Gasteiger partial charge on any atom is 0.195 e. The van der Waals surface area contributed by atoms with Crippen LogP contribution in [0.4, 0.5) is 11.4 Å². The van der Waals surface area contributed by atoms with Gasteiger partial charge in [0.2, 0.25) is 0 Å². The largest absolute Gasteiger partial charge is 0.289 e. The van der Waals surface area contributed by atoms with Gasteiger partial charge in [0, 0.05) is 15.6 Å². The van der Waals surface area contributed by atoms with E-state index in [0.717, 1.165) is 0 Å². The molecule has 3 aromatic carbocycles. The maximum atomic E-state index is 12.7. The highest BCUT2D eigenvalue weighted by molar-refractivity contribution is 6.31. The van der Waals surface area contributed by atoms with Crippen molar-refractivity contribution in [2.75, 3.05) is 0 Å². The van der Waals surface area contributed by atoms with Crippen molar-refractivity contribution >= 4 is 40.4 Å². The van der Waals surface area contributed by atoms with Gasteiger partial charge >= 0.3 is 0 Å². The molecule has 118 valence electrons. The summed E-state index contributed by atoms with van der Waals surface area (Å²) in [7, 11) is 0. The van der Waals surface area contributed by atoms with Crippen LogP contribution in [-0.2, 0) is 0 Å². The van der Waals surface area contributed by atoms with Gasteiger partial charge in [0.05, 0.1) is 16.9 Å². The maximum absolute atomic E-state index is 12.7. The summed E-state index contributed by atoms with van der Waals surface area (Å²) in [6, 6.07) is 20.9. The van der Waals surface area contributed by atoms with Gasteiger partial charge in [-0.2, -0.15) is 5.11 Å². The van der Waals surface area contributed by atoms with E-state index < -0.39 is 0 Å². The van der Waals surface area contributed by atoms with E-state index in [4.69, 9.17) is 23.2 Å². The molecule has 0 aliphatic heterocycles. The zero-order valence-electron chi connectivity index (χ0n) is 12.5. The van der Waals surface area contributed by atoms with Crippen LogP contribution >= 0.6 is 23.2 Å². The highest BCUT2D eigenvalue weighted by atomic mass is 35.5. The van der Waals surface area contributed by atoms with E-state index in [-0.39, 0.29) is 5.78 Å². The minimum absolute atomic E-state index is 0.150. The number of hydrogen-bond donors (Lipinski definition) is 0. The van der Waals surface area contributed by atoms with Crippen molar-refractivity contribution in [2.45, 2.75) is 0 Å². The Labute approximate surface area is 149 Å². The van der Waals surface area contributed by atoms with Crippen molar-refractivity contribution in [1.82, 2.24) is 0 Å². The Morgan fingerprint density at radius 2 is 1.42 bits per heavy atom. The summed E-state index contributed by atoms with van der Waals surface area (Å²) in [5.74, 6) is -0.150. The zero-order valence-corrected chi connectivity index (χ0v) is 14.0. The molecule has 0 atom stereocenters. The molecule has 0 unspecified atom stereocenters. The Balaban J connectivity index is 1.97. The number of rotatable bonds is 4. The number of carbonyl (C=O) groups excluding carboxylic acids is 1. The highest BCUT2D eigenvalue weighted by Crippen LogP contribution is 2.28. The van der Waals surface area contributed by atoms with Crippen molar-refractivity contribution in [1.29, 1.82) is 0 Å². The second-order valence-electron chi connectivity index (χ2n) is 5.03. The minimum atomic E-state index is -0.150. The first kappa shape index (κ1) is 16.4. The molecule has 3 aromatic rings. The molecular weight excluding hydrogens is 343 g/mol. The molecule has 0 radical (unpaired) electrons. The molecule has 0 aromatic heterocycles. The van der Waals surface area contributed by atoms with E-state index in [2.05, 4.69) is 10.2 Å². The number of nitrogens with zero attached hydrogens (tertiary/aromatic N) is 2. The van der Waals surface area contributed by atoms with Crippen LogP contribution in [-0.4, -0.2) is 5.78 Å². The van der Waals surface area contributed by atoms with E-state index in [1.54, 1.807) is 54.6 Å². The summed E-state index contributed by atoms with van der Waals surface area (Å²) in [6.07, 6.45) is 0. The molecule has 0 heterocycles. The van der Waals surface area contributed by atoms with Crippen molar-refractivity contribution in [2.24, 2.45) is 10.2 Å². The number of halogens is 2. The summed E-state index contributed by atoms with van der Waals surface area (Å²) >= 11 is 11.9. The Kier molecular flexibility index (Phi) is 5.04. The SMILES string of the molecule is O=C(c1ccccc1)c1cc(Cl)ccc1N=Nc1ccc(Cl)cc1. The van der Waals surface area contributed by atoms with Crippen molar-refractivity contribution in [3.05, 3.63) is 94.0 Å². The van der Waals surface area contributed by atoms with Gasteiger partial charge in [-0.3, -0.25) is 4.79 Å². The summed E-state index contributed by atoms with van der Waals surface area (Å²) in [4.78, 5) is 12.7. The lowest BCUT2D eigenvalue weighted by molar-refractivity contribution is 0.103. The van der Waals surface area contributed by atoms with Crippen LogP contribution in [0, 0.1) is 0 Å². The van der Waals surface area contributed by atoms with E-state index >= 15 is 0 Å². The fourth-order valence-corrected chi connectivity index (χ4v) is 2.44. The quantitative estimate of drug-likeness (QED) is 0.382. The Morgan fingerprint density at radius 3 is 2.12 bits per heavy atom. The topological polar surface area (TPSA) is 41.8 Å². The fourth-order valence-electron chi connectivity index (χ4n) is 2.14. The third-order valence-electron chi connectivity index (χ3n) is 3.34. The van der Waals surface area contributed by atoms with E-state index in [0.29, 0.717) is 32.5 Å². The molecule has 3 rings (SSSR count). The van der Waals surface area contributed by atoms with Crippen molar-refractivity contribution < 1.29 is 4.79 Å².